The van der Waals surface area contributed by atoms with E-state index in [1.165, 1.54) is 6.08 Å². The smallest absolute Gasteiger partial charge is 0.328 e. The molecule has 3 amide bonds. The van der Waals surface area contributed by atoms with Crippen LogP contribution in [-0.4, -0.2) is 36.1 Å². The first-order chi connectivity index (χ1) is 9.91. The minimum absolute atomic E-state index is 0.235. The third kappa shape index (κ3) is 5.35. The number of urea groups is 1. The highest BCUT2D eigenvalue weighted by atomic mass is 16.4. The van der Waals surface area contributed by atoms with Crippen molar-refractivity contribution in [3.63, 3.8) is 0 Å². The number of primary amides is 1. The topological polar surface area (TPSA) is 122 Å². The number of hydrogen-bond acceptors (Lipinski definition) is 3. The number of carbonyl (C=O) groups excluding carboxylic acids is 2. The quantitative estimate of drug-likeness (QED) is 0.450. The van der Waals surface area contributed by atoms with Gasteiger partial charge in [0.25, 0.3) is 5.91 Å². The van der Waals surface area contributed by atoms with Gasteiger partial charge in [-0.05, 0) is 30.2 Å². The Hall–Kier alpha value is -2.83. The Morgan fingerprint density at radius 3 is 2.52 bits per heavy atom. The number of amides is 3. The SMILES string of the molecule is Cc1c(/C=C/C(=O)O)cccc1C(=O)NCCNC(N)=O. The van der Waals surface area contributed by atoms with Crippen molar-refractivity contribution < 1.29 is 19.5 Å². The molecule has 0 aromatic heterocycles. The molecule has 0 fully saturated rings. The zero-order valence-corrected chi connectivity index (χ0v) is 11.6. The fourth-order valence-corrected chi connectivity index (χ4v) is 1.70. The highest BCUT2D eigenvalue weighted by molar-refractivity contribution is 5.97. The fraction of sp³-hybridized carbons (Fsp3) is 0.214. The number of carbonyl (C=O) groups is 3. The Labute approximate surface area is 121 Å². The maximum atomic E-state index is 12.0. The second-order valence-corrected chi connectivity index (χ2v) is 4.24. The van der Waals surface area contributed by atoms with Crippen molar-refractivity contribution in [1.82, 2.24) is 10.6 Å². The summed E-state index contributed by atoms with van der Waals surface area (Å²) in [6.07, 6.45) is 2.45. The van der Waals surface area contributed by atoms with Crippen LogP contribution in [0.4, 0.5) is 4.79 Å². The van der Waals surface area contributed by atoms with Gasteiger partial charge in [0.15, 0.2) is 0 Å². The zero-order chi connectivity index (χ0) is 15.8. The van der Waals surface area contributed by atoms with Crippen LogP contribution in [0.2, 0.25) is 0 Å². The summed E-state index contributed by atoms with van der Waals surface area (Å²) < 4.78 is 0. The summed E-state index contributed by atoms with van der Waals surface area (Å²) in [5.41, 5.74) is 6.68. The molecule has 21 heavy (non-hydrogen) atoms. The van der Waals surface area contributed by atoms with Gasteiger partial charge in [0.05, 0.1) is 0 Å². The van der Waals surface area contributed by atoms with Gasteiger partial charge in [-0.2, -0.15) is 0 Å². The number of rotatable bonds is 6. The Kier molecular flexibility index (Phi) is 5.94. The van der Waals surface area contributed by atoms with Crippen LogP contribution in [0.3, 0.4) is 0 Å². The fourth-order valence-electron chi connectivity index (χ4n) is 1.70. The average molecular weight is 291 g/mol. The molecule has 7 nitrogen and oxygen atoms in total. The van der Waals surface area contributed by atoms with E-state index in [0.717, 1.165) is 6.08 Å². The minimum Gasteiger partial charge on any atom is -0.478 e. The molecule has 112 valence electrons. The van der Waals surface area contributed by atoms with Crippen LogP contribution in [0, 0.1) is 6.92 Å². The van der Waals surface area contributed by atoms with Crippen LogP contribution in [0.25, 0.3) is 6.08 Å². The van der Waals surface area contributed by atoms with Gasteiger partial charge in [-0.1, -0.05) is 12.1 Å². The van der Waals surface area contributed by atoms with Crippen LogP contribution in [0.15, 0.2) is 24.3 Å². The molecule has 0 unspecified atom stereocenters. The third-order valence-corrected chi connectivity index (χ3v) is 2.74. The van der Waals surface area contributed by atoms with Gasteiger partial charge in [-0.3, -0.25) is 4.79 Å². The minimum atomic E-state index is -1.05. The van der Waals surface area contributed by atoms with Crippen molar-refractivity contribution in [1.29, 1.82) is 0 Å². The molecule has 0 aliphatic heterocycles. The molecule has 7 heteroatoms. The van der Waals surface area contributed by atoms with Gasteiger partial charge in [0, 0.05) is 24.7 Å². The van der Waals surface area contributed by atoms with E-state index >= 15 is 0 Å². The number of aliphatic carboxylic acids is 1. The lowest BCUT2D eigenvalue weighted by Gasteiger charge is -2.09. The number of nitrogens with one attached hydrogen (secondary N) is 2. The molecular formula is C14H17N3O4. The maximum absolute atomic E-state index is 12.0. The molecule has 0 heterocycles. The molecule has 0 saturated carbocycles. The molecule has 5 N–H and O–H groups in total. The van der Waals surface area contributed by atoms with Crippen molar-refractivity contribution in [2.45, 2.75) is 6.92 Å². The van der Waals surface area contributed by atoms with E-state index in [0.29, 0.717) is 16.7 Å². The van der Waals surface area contributed by atoms with Gasteiger partial charge in [0.2, 0.25) is 0 Å². The first-order valence-electron chi connectivity index (χ1n) is 6.24. The van der Waals surface area contributed by atoms with E-state index in [-0.39, 0.29) is 19.0 Å². The van der Waals surface area contributed by atoms with Gasteiger partial charge >= 0.3 is 12.0 Å². The van der Waals surface area contributed by atoms with Gasteiger partial charge in [-0.15, -0.1) is 0 Å². The second kappa shape index (κ2) is 7.68. The van der Waals surface area contributed by atoms with Crippen molar-refractivity contribution in [3.8, 4) is 0 Å². The largest absolute Gasteiger partial charge is 0.478 e. The average Bonchev–Trinajstić information content (AvgIpc) is 2.42. The van der Waals surface area contributed by atoms with Crippen LogP contribution in [-0.2, 0) is 4.79 Å². The summed E-state index contributed by atoms with van der Waals surface area (Å²) in [4.78, 5) is 33.0. The monoisotopic (exact) mass is 291 g/mol. The molecular weight excluding hydrogens is 274 g/mol. The summed E-state index contributed by atoms with van der Waals surface area (Å²) in [5.74, 6) is -1.36. The van der Waals surface area contributed by atoms with Crippen molar-refractivity contribution in [3.05, 3.63) is 41.0 Å². The number of benzene rings is 1. The highest BCUT2D eigenvalue weighted by Crippen LogP contribution is 2.15. The molecule has 0 radical (unpaired) electrons. The van der Waals surface area contributed by atoms with Crippen molar-refractivity contribution in [2.75, 3.05) is 13.1 Å². The predicted octanol–water partition coefficient (Wildman–Crippen LogP) is 0.491. The lowest BCUT2D eigenvalue weighted by molar-refractivity contribution is -0.131. The summed E-state index contributed by atoms with van der Waals surface area (Å²) in [5, 5.41) is 13.6. The van der Waals surface area contributed by atoms with E-state index in [1.54, 1.807) is 25.1 Å². The van der Waals surface area contributed by atoms with E-state index < -0.39 is 12.0 Å². The predicted molar refractivity (Wildman–Crippen MR) is 77.8 cm³/mol. The van der Waals surface area contributed by atoms with Crippen LogP contribution in [0.1, 0.15) is 21.5 Å². The Bertz CT molecular complexity index is 582. The first kappa shape index (κ1) is 16.2. The lowest BCUT2D eigenvalue weighted by Crippen LogP contribution is -2.37. The normalized spacial score (nSPS) is 10.3. The van der Waals surface area contributed by atoms with Gasteiger partial charge in [-0.25, -0.2) is 9.59 Å². The second-order valence-electron chi connectivity index (χ2n) is 4.24. The van der Waals surface area contributed by atoms with E-state index in [2.05, 4.69) is 10.6 Å². The number of carboxylic acid groups (broad SMARTS) is 1. The van der Waals surface area contributed by atoms with Crippen molar-refractivity contribution >= 4 is 24.0 Å². The molecule has 0 bridgehead atoms. The molecule has 0 aliphatic rings. The molecule has 1 aromatic carbocycles. The van der Waals surface area contributed by atoms with E-state index in [1.807, 2.05) is 0 Å². The molecule has 1 aromatic rings. The van der Waals surface area contributed by atoms with Crippen LogP contribution < -0.4 is 16.4 Å². The molecule has 0 aliphatic carbocycles. The Morgan fingerprint density at radius 2 is 1.90 bits per heavy atom. The first-order valence-corrected chi connectivity index (χ1v) is 6.24. The third-order valence-electron chi connectivity index (χ3n) is 2.74. The number of carboxylic acids is 1. The molecule has 1 rings (SSSR count). The number of nitrogens with two attached hydrogens (primary N) is 1. The summed E-state index contributed by atoms with van der Waals surface area (Å²) >= 11 is 0. The van der Waals surface area contributed by atoms with Gasteiger partial charge < -0.3 is 21.5 Å². The van der Waals surface area contributed by atoms with Crippen molar-refractivity contribution in [2.24, 2.45) is 5.73 Å². The molecule has 0 saturated heterocycles. The summed E-state index contributed by atoms with van der Waals surface area (Å²) in [7, 11) is 0. The van der Waals surface area contributed by atoms with Crippen LogP contribution >= 0.6 is 0 Å². The van der Waals surface area contributed by atoms with Crippen LogP contribution in [0.5, 0.6) is 0 Å². The molecule has 0 atom stereocenters. The Balaban J connectivity index is 2.74. The summed E-state index contributed by atoms with van der Waals surface area (Å²) in [6.45, 7) is 2.22. The standard InChI is InChI=1S/C14H17N3O4/c1-9-10(5-6-12(18)19)3-2-4-11(9)13(20)16-7-8-17-14(15)21/h2-6H,7-8H2,1H3,(H,16,20)(H,18,19)(H3,15,17,21)/b6-5+. The molecule has 0 spiro atoms. The lowest BCUT2D eigenvalue weighted by atomic mass is 10.0. The van der Waals surface area contributed by atoms with Gasteiger partial charge in [0.1, 0.15) is 0 Å². The van der Waals surface area contributed by atoms with E-state index in [9.17, 15) is 14.4 Å². The summed E-state index contributed by atoms with van der Waals surface area (Å²) in [6, 6.07) is 4.39. The maximum Gasteiger partial charge on any atom is 0.328 e. The number of hydrogen-bond donors (Lipinski definition) is 4. The highest BCUT2D eigenvalue weighted by Gasteiger charge is 2.10. The zero-order valence-electron chi connectivity index (χ0n) is 11.6. The Morgan fingerprint density at radius 1 is 1.24 bits per heavy atom. The van der Waals surface area contributed by atoms with E-state index in [4.69, 9.17) is 10.8 Å².